The number of carbonyl (C=O) groups excluding carboxylic acids is 2. The minimum absolute atomic E-state index is 0.0462. The number of hydrogen-bond acceptors (Lipinski definition) is 5. The van der Waals surface area contributed by atoms with Gasteiger partial charge in [-0.25, -0.2) is 4.79 Å². The fraction of sp³-hybridized carbons (Fsp3) is 0.667. The van der Waals surface area contributed by atoms with E-state index in [9.17, 15) is 9.59 Å². The highest BCUT2D eigenvalue weighted by Gasteiger charge is 2.46. The van der Waals surface area contributed by atoms with Gasteiger partial charge in [-0.05, 0) is 20.8 Å². The van der Waals surface area contributed by atoms with Crippen molar-refractivity contribution in [2.75, 3.05) is 6.61 Å². The number of cyclic esters (lactones) is 1. The maximum absolute atomic E-state index is 11.3. The van der Waals surface area contributed by atoms with Crippen LogP contribution in [-0.2, 0) is 19.0 Å². The van der Waals surface area contributed by atoms with Crippen molar-refractivity contribution in [3.63, 3.8) is 0 Å². The highest BCUT2D eigenvalue weighted by molar-refractivity contribution is 5.79. The summed E-state index contributed by atoms with van der Waals surface area (Å²) >= 11 is 0. The Hall–Kier alpha value is -1.52. The average molecular weight is 240 g/mol. The second kappa shape index (κ2) is 4.05. The van der Waals surface area contributed by atoms with Gasteiger partial charge in [-0.15, -0.1) is 0 Å². The monoisotopic (exact) mass is 240 g/mol. The van der Waals surface area contributed by atoms with E-state index in [1.54, 1.807) is 26.8 Å². The smallest absolute Gasteiger partial charge is 0.458 e. The fourth-order valence-corrected chi connectivity index (χ4v) is 1.82. The molecule has 0 spiro atoms. The van der Waals surface area contributed by atoms with Crippen LogP contribution < -0.4 is 0 Å². The molecule has 5 heteroatoms. The lowest BCUT2D eigenvalue weighted by molar-refractivity contribution is -0.145. The van der Waals surface area contributed by atoms with Crippen molar-refractivity contribution in [2.45, 2.75) is 32.5 Å². The summed E-state index contributed by atoms with van der Waals surface area (Å²) in [6.45, 7) is 5.32. The zero-order chi connectivity index (χ0) is 12.6. The molecule has 5 nitrogen and oxygen atoms in total. The van der Waals surface area contributed by atoms with E-state index in [-0.39, 0.29) is 30.5 Å². The largest absolute Gasteiger partial charge is 0.508 e. The molecule has 1 aliphatic carbocycles. The maximum atomic E-state index is 11.3. The molecule has 1 saturated heterocycles. The molecule has 0 amide bonds. The molecule has 2 aliphatic rings. The third-order valence-electron chi connectivity index (χ3n) is 2.68. The van der Waals surface area contributed by atoms with Gasteiger partial charge >= 0.3 is 12.1 Å². The van der Waals surface area contributed by atoms with Crippen LogP contribution >= 0.6 is 0 Å². The van der Waals surface area contributed by atoms with Crippen molar-refractivity contribution in [1.82, 2.24) is 0 Å². The van der Waals surface area contributed by atoms with Gasteiger partial charge in [-0.3, -0.25) is 4.79 Å². The molecular weight excluding hydrogens is 224 g/mol. The molecule has 0 unspecified atom stereocenters. The van der Waals surface area contributed by atoms with Gasteiger partial charge in [0.2, 0.25) is 0 Å². The van der Waals surface area contributed by atoms with E-state index in [2.05, 4.69) is 0 Å². The first-order chi connectivity index (χ1) is 7.87. The van der Waals surface area contributed by atoms with Crippen LogP contribution in [0.2, 0.25) is 0 Å². The van der Waals surface area contributed by atoms with Crippen LogP contribution in [0.15, 0.2) is 12.2 Å². The van der Waals surface area contributed by atoms with Gasteiger partial charge in [0.05, 0.1) is 5.92 Å². The van der Waals surface area contributed by atoms with E-state index >= 15 is 0 Å². The van der Waals surface area contributed by atoms with Gasteiger partial charge in [0.25, 0.3) is 0 Å². The van der Waals surface area contributed by atoms with Crippen LogP contribution in [0, 0.1) is 11.8 Å². The summed E-state index contributed by atoms with van der Waals surface area (Å²) < 4.78 is 15.0. The Morgan fingerprint density at radius 2 is 2.12 bits per heavy atom. The Bertz CT molecular complexity index is 366. The molecule has 0 radical (unpaired) electrons. The third-order valence-corrected chi connectivity index (χ3v) is 2.68. The summed E-state index contributed by atoms with van der Waals surface area (Å²) in [5.41, 5.74) is -0.581. The first-order valence-corrected chi connectivity index (χ1v) is 5.61. The lowest BCUT2D eigenvalue weighted by Gasteiger charge is -2.23. The molecule has 1 heterocycles. The van der Waals surface area contributed by atoms with Gasteiger partial charge < -0.3 is 14.2 Å². The van der Waals surface area contributed by atoms with E-state index < -0.39 is 11.8 Å². The van der Waals surface area contributed by atoms with Crippen LogP contribution in [0.4, 0.5) is 4.79 Å². The molecule has 2 rings (SSSR count). The molecule has 0 bridgehead atoms. The van der Waals surface area contributed by atoms with Gasteiger partial charge in [0.15, 0.2) is 0 Å². The Morgan fingerprint density at radius 1 is 1.41 bits per heavy atom. The van der Waals surface area contributed by atoms with E-state index in [0.29, 0.717) is 0 Å². The summed E-state index contributed by atoms with van der Waals surface area (Å²) in [6.07, 6.45) is 2.60. The molecule has 94 valence electrons. The molecule has 17 heavy (non-hydrogen) atoms. The van der Waals surface area contributed by atoms with E-state index in [4.69, 9.17) is 14.2 Å². The Morgan fingerprint density at radius 3 is 2.59 bits per heavy atom. The third kappa shape index (κ3) is 2.60. The second-order valence-electron chi connectivity index (χ2n) is 5.24. The van der Waals surface area contributed by atoms with Crippen molar-refractivity contribution in [2.24, 2.45) is 11.8 Å². The summed E-state index contributed by atoms with van der Waals surface area (Å²) in [5.74, 6) is -0.345. The molecule has 0 N–H and O–H groups in total. The molecule has 1 fully saturated rings. The highest BCUT2D eigenvalue weighted by atomic mass is 16.7. The number of hydrogen-bond donors (Lipinski definition) is 0. The van der Waals surface area contributed by atoms with Crippen LogP contribution in [0.3, 0.4) is 0 Å². The quantitative estimate of drug-likeness (QED) is 0.542. The summed E-state index contributed by atoms with van der Waals surface area (Å²) in [7, 11) is 0. The number of rotatable bonds is 2. The summed E-state index contributed by atoms with van der Waals surface area (Å²) in [6, 6.07) is 0. The average Bonchev–Trinajstić information content (AvgIpc) is 2.28. The molecule has 0 saturated carbocycles. The topological polar surface area (TPSA) is 61.8 Å². The first kappa shape index (κ1) is 12.0. The Kier molecular flexibility index (Phi) is 2.85. The lowest BCUT2D eigenvalue weighted by atomic mass is 9.81. The molecule has 0 aromatic carbocycles. The zero-order valence-electron chi connectivity index (χ0n) is 10.1. The minimum atomic E-state index is -0.736. The van der Waals surface area contributed by atoms with E-state index in [1.807, 2.05) is 6.08 Å². The van der Waals surface area contributed by atoms with Crippen molar-refractivity contribution in [3.8, 4) is 0 Å². The van der Waals surface area contributed by atoms with Crippen LogP contribution in [0.1, 0.15) is 20.8 Å². The van der Waals surface area contributed by atoms with Gasteiger partial charge in [-0.2, -0.15) is 0 Å². The van der Waals surface area contributed by atoms with Crippen molar-refractivity contribution in [3.05, 3.63) is 12.2 Å². The number of esters is 1. The van der Waals surface area contributed by atoms with Crippen molar-refractivity contribution >= 4 is 12.1 Å². The number of ether oxygens (including phenoxy) is 3. The van der Waals surface area contributed by atoms with E-state index in [1.165, 1.54) is 0 Å². The molecular formula is C12H16O5. The SMILES string of the molecule is CC(C)(C)OC(=O)OC[C@H]1OC(=O)[C@H]2C=C[C@H]21. The summed E-state index contributed by atoms with van der Waals surface area (Å²) in [5, 5.41) is 0. The lowest BCUT2D eigenvalue weighted by Crippen LogP contribution is -2.31. The second-order valence-corrected chi connectivity index (χ2v) is 5.24. The number of fused-ring (bicyclic) bond motifs is 1. The summed E-state index contributed by atoms with van der Waals surface area (Å²) in [4.78, 5) is 22.6. The Labute approximate surface area is 99.7 Å². The van der Waals surface area contributed by atoms with Gasteiger partial charge in [-0.1, -0.05) is 12.2 Å². The minimum Gasteiger partial charge on any atom is -0.458 e. The van der Waals surface area contributed by atoms with Crippen molar-refractivity contribution < 1.29 is 23.8 Å². The van der Waals surface area contributed by atoms with Gasteiger partial charge in [0, 0.05) is 5.92 Å². The predicted octanol–water partition coefficient (Wildman–Crippen LogP) is 1.67. The number of carbonyl (C=O) groups is 2. The Balaban J connectivity index is 1.78. The zero-order valence-corrected chi connectivity index (χ0v) is 10.1. The molecule has 0 aromatic heterocycles. The van der Waals surface area contributed by atoms with Gasteiger partial charge in [0.1, 0.15) is 18.3 Å². The standard InChI is InChI=1S/C12H16O5/c1-12(2,3)17-11(14)15-6-9-7-4-5-8(7)10(13)16-9/h4-5,7-9H,6H2,1-3H3/t7-,8+,9-/m1/s1. The van der Waals surface area contributed by atoms with E-state index in [0.717, 1.165) is 0 Å². The maximum Gasteiger partial charge on any atom is 0.508 e. The first-order valence-electron chi connectivity index (χ1n) is 5.61. The molecule has 0 aromatic rings. The molecule has 1 aliphatic heterocycles. The van der Waals surface area contributed by atoms with Crippen LogP contribution in [-0.4, -0.2) is 30.4 Å². The predicted molar refractivity (Wildman–Crippen MR) is 58.2 cm³/mol. The molecule has 3 atom stereocenters. The fourth-order valence-electron chi connectivity index (χ4n) is 1.82. The highest BCUT2D eigenvalue weighted by Crippen LogP contribution is 2.37. The van der Waals surface area contributed by atoms with Crippen LogP contribution in [0.5, 0.6) is 0 Å². The van der Waals surface area contributed by atoms with Crippen LogP contribution in [0.25, 0.3) is 0 Å². The van der Waals surface area contributed by atoms with Crippen molar-refractivity contribution in [1.29, 1.82) is 0 Å². The normalized spacial score (nSPS) is 30.3.